The highest BCUT2D eigenvalue weighted by atomic mass is 19.2. The Balaban J connectivity index is 3.49. The zero-order chi connectivity index (χ0) is 15.6. The van der Waals surface area contributed by atoms with E-state index < -0.39 is 46.6 Å². The maximum atomic E-state index is 13.8. The van der Waals surface area contributed by atoms with E-state index in [0.29, 0.717) is 0 Å². The largest absolute Gasteiger partial charge is 0.395 e. The van der Waals surface area contributed by atoms with Crippen LogP contribution >= 0.6 is 0 Å². The Morgan fingerprint density at radius 3 is 1.65 bits per heavy atom. The minimum absolute atomic E-state index is 0.0440. The maximum absolute atomic E-state index is 13.8. The van der Waals surface area contributed by atoms with Gasteiger partial charge in [-0.25, -0.2) is 22.0 Å². The molecule has 0 spiro atoms. The Bertz CT molecular complexity index is 463. The average Bonchev–Trinajstić information content (AvgIpc) is 2.38. The van der Waals surface area contributed by atoms with Gasteiger partial charge in [-0.2, -0.15) is 0 Å². The highest BCUT2D eigenvalue weighted by molar-refractivity contribution is 5.27. The molecule has 0 aliphatic heterocycles. The van der Waals surface area contributed by atoms with Gasteiger partial charge in [-0.15, -0.1) is 0 Å². The van der Waals surface area contributed by atoms with Gasteiger partial charge in [0.1, 0.15) is 0 Å². The van der Waals surface area contributed by atoms with Crippen molar-refractivity contribution < 1.29 is 27.1 Å². The molecular formula is C13H16F5NO. The van der Waals surface area contributed by atoms with Crippen molar-refractivity contribution in [3.63, 3.8) is 0 Å². The molecular weight excluding hydrogens is 281 g/mol. The normalized spacial score (nSPS) is 13.3. The fourth-order valence-electron chi connectivity index (χ4n) is 2.24. The molecule has 0 unspecified atom stereocenters. The van der Waals surface area contributed by atoms with Crippen molar-refractivity contribution in [3.8, 4) is 0 Å². The van der Waals surface area contributed by atoms with Crippen LogP contribution in [-0.4, -0.2) is 30.2 Å². The fourth-order valence-corrected chi connectivity index (χ4v) is 2.24. The second kappa shape index (κ2) is 6.49. The Hall–Kier alpha value is -1.21. The van der Waals surface area contributed by atoms with Crippen LogP contribution in [0, 0.1) is 35.0 Å². The molecule has 1 aromatic carbocycles. The van der Waals surface area contributed by atoms with E-state index in [0.717, 1.165) is 0 Å². The van der Waals surface area contributed by atoms with E-state index in [2.05, 4.69) is 0 Å². The van der Waals surface area contributed by atoms with Crippen molar-refractivity contribution >= 4 is 0 Å². The van der Waals surface area contributed by atoms with E-state index in [1.165, 1.54) is 11.9 Å². The minimum Gasteiger partial charge on any atom is -0.395 e. The van der Waals surface area contributed by atoms with Crippen LogP contribution in [0.5, 0.6) is 0 Å². The van der Waals surface area contributed by atoms with E-state index >= 15 is 0 Å². The lowest BCUT2D eigenvalue weighted by molar-refractivity contribution is 0.143. The smallest absolute Gasteiger partial charge is 0.200 e. The van der Waals surface area contributed by atoms with Crippen molar-refractivity contribution in [1.82, 2.24) is 4.90 Å². The summed E-state index contributed by atoms with van der Waals surface area (Å²) in [6.45, 7) is 2.94. The molecule has 1 N–H and O–H groups in total. The third kappa shape index (κ3) is 2.93. The zero-order valence-electron chi connectivity index (χ0n) is 11.4. The van der Waals surface area contributed by atoms with Gasteiger partial charge in [0, 0.05) is 18.2 Å². The van der Waals surface area contributed by atoms with Gasteiger partial charge in [0.25, 0.3) is 0 Å². The van der Waals surface area contributed by atoms with Crippen molar-refractivity contribution in [2.75, 3.05) is 20.2 Å². The number of nitrogens with zero attached hydrogens (tertiary/aromatic N) is 1. The molecule has 7 heteroatoms. The predicted octanol–water partition coefficient (Wildman–Crippen LogP) is 3.00. The highest BCUT2D eigenvalue weighted by Crippen LogP contribution is 2.34. The highest BCUT2D eigenvalue weighted by Gasteiger charge is 2.33. The lowest BCUT2D eigenvalue weighted by Crippen LogP contribution is -2.33. The van der Waals surface area contributed by atoms with E-state index in [4.69, 9.17) is 5.11 Å². The first-order valence-electron chi connectivity index (χ1n) is 6.06. The Morgan fingerprint density at radius 1 is 0.900 bits per heavy atom. The molecule has 20 heavy (non-hydrogen) atoms. The number of halogens is 5. The first-order valence-corrected chi connectivity index (χ1v) is 6.06. The van der Waals surface area contributed by atoms with E-state index in [9.17, 15) is 22.0 Å². The predicted molar refractivity (Wildman–Crippen MR) is 63.5 cm³/mol. The average molecular weight is 297 g/mol. The molecule has 0 bridgehead atoms. The summed E-state index contributed by atoms with van der Waals surface area (Å²) in [6.07, 6.45) is 0. The fraction of sp³-hybridized carbons (Fsp3) is 0.538. The third-order valence-corrected chi connectivity index (χ3v) is 3.10. The van der Waals surface area contributed by atoms with Gasteiger partial charge < -0.3 is 5.11 Å². The lowest BCUT2D eigenvalue weighted by Gasteiger charge is -2.31. The van der Waals surface area contributed by atoms with E-state index in [1.54, 1.807) is 13.8 Å². The molecule has 114 valence electrons. The summed E-state index contributed by atoms with van der Waals surface area (Å²) in [5, 5.41) is 8.87. The number of hydrogen-bond donors (Lipinski definition) is 1. The second-order valence-corrected chi connectivity index (χ2v) is 4.88. The Labute approximate surface area is 113 Å². The van der Waals surface area contributed by atoms with Gasteiger partial charge in [-0.05, 0) is 13.0 Å². The number of rotatable bonds is 5. The summed E-state index contributed by atoms with van der Waals surface area (Å²) in [5.74, 6) is -10.2. The van der Waals surface area contributed by atoms with Crippen LogP contribution in [0.3, 0.4) is 0 Å². The van der Waals surface area contributed by atoms with Crippen LogP contribution in [0.4, 0.5) is 22.0 Å². The quantitative estimate of drug-likeness (QED) is 0.513. The molecule has 1 aromatic rings. The van der Waals surface area contributed by atoms with Gasteiger partial charge in [-0.3, -0.25) is 4.90 Å². The number of benzene rings is 1. The summed E-state index contributed by atoms with van der Waals surface area (Å²) < 4.78 is 67.1. The van der Waals surface area contributed by atoms with Crippen molar-refractivity contribution in [2.24, 2.45) is 5.92 Å². The van der Waals surface area contributed by atoms with Crippen molar-refractivity contribution in [1.29, 1.82) is 0 Å². The molecule has 0 aliphatic carbocycles. The molecule has 2 nitrogen and oxygen atoms in total. The number of likely N-dealkylation sites (N-methyl/N-ethyl adjacent to an activating group) is 1. The maximum Gasteiger partial charge on any atom is 0.200 e. The molecule has 0 fully saturated rings. The molecule has 0 saturated carbocycles. The molecule has 0 aromatic heterocycles. The van der Waals surface area contributed by atoms with Gasteiger partial charge >= 0.3 is 0 Å². The number of aliphatic hydroxyl groups is 1. The molecule has 0 aliphatic rings. The number of aliphatic hydroxyl groups excluding tert-OH is 1. The summed E-state index contributed by atoms with van der Waals surface area (Å²) in [6, 6.07) is -1.04. The standard InChI is InChI=1S/C13H16F5NO/c1-6(2)13(19(3)4-5-20)7-8(14)10(16)12(18)11(17)9(7)15/h6,13,20H,4-5H2,1-3H3/t13-/m1/s1. The topological polar surface area (TPSA) is 23.5 Å². The second-order valence-electron chi connectivity index (χ2n) is 4.88. The van der Waals surface area contributed by atoms with Crippen LogP contribution in [0.1, 0.15) is 25.5 Å². The summed E-state index contributed by atoms with van der Waals surface area (Å²) in [5.41, 5.74) is -0.868. The summed E-state index contributed by atoms with van der Waals surface area (Å²) in [7, 11) is 1.44. The van der Waals surface area contributed by atoms with Crippen LogP contribution in [0.15, 0.2) is 0 Å². The molecule has 1 atom stereocenters. The van der Waals surface area contributed by atoms with E-state index in [1.807, 2.05) is 0 Å². The minimum atomic E-state index is -2.17. The van der Waals surface area contributed by atoms with Crippen LogP contribution in [0.2, 0.25) is 0 Å². The van der Waals surface area contributed by atoms with Crippen molar-refractivity contribution in [3.05, 3.63) is 34.6 Å². The van der Waals surface area contributed by atoms with Gasteiger partial charge in [0.2, 0.25) is 5.82 Å². The third-order valence-electron chi connectivity index (χ3n) is 3.10. The molecule has 1 rings (SSSR count). The van der Waals surface area contributed by atoms with Gasteiger partial charge in [-0.1, -0.05) is 13.8 Å². The van der Waals surface area contributed by atoms with E-state index in [-0.39, 0.29) is 13.2 Å². The summed E-state index contributed by atoms with van der Waals surface area (Å²) >= 11 is 0. The van der Waals surface area contributed by atoms with Crippen LogP contribution in [-0.2, 0) is 0 Å². The lowest BCUT2D eigenvalue weighted by atomic mass is 9.93. The van der Waals surface area contributed by atoms with Crippen molar-refractivity contribution in [2.45, 2.75) is 19.9 Å². The molecule has 0 saturated heterocycles. The van der Waals surface area contributed by atoms with Crippen LogP contribution < -0.4 is 0 Å². The molecule has 0 heterocycles. The Kier molecular flexibility index (Phi) is 5.47. The monoisotopic (exact) mass is 297 g/mol. The first kappa shape index (κ1) is 16.8. The molecule has 0 radical (unpaired) electrons. The Morgan fingerprint density at radius 2 is 1.30 bits per heavy atom. The summed E-state index contributed by atoms with van der Waals surface area (Å²) in [4.78, 5) is 1.35. The van der Waals surface area contributed by atoms with Crippen LogP contribution in [0.25, 0.3) is 0 Å². The van der Waals surface area contributed by atoms with Gasteiger partial charge in [0.05, 0.1) is 6.61 Å². The zero-order valence-corrected chi connectivity index (χ0v) is 11.4. The number of hydrogen-bond acceptors (Lipinski definition) is 2. The van der Waals surface area contributed by atoms with Gasteiger partial charge in [0.15, 0.2) is 23.3 Å². The SMILES string of the molecule is CC(C)[C@H](c1c(F)c(F)c(F)c(F)c1F)N(C)CCO. The molecule has 0 amide bonds. The first-order chi connectivity index (χ1) is 9.23.